The number of nitrogens with one attached hydrogen (secondary N) is 1. The van der Waals surface area contributed by atoms with Gasteiger partial charge in [-0.1, -0.05) is 6.92 Å². The van der Waals surface area contributed by atoms with Gasteiger partial charge in [-0.2, -0.15) is 0 Å². The summed E-state index contributed by atoms with van der Waals surface area (Å²) in [6.45, 7) is 5.68. The second kappa shape index (κ2) is 8.14. The molecule has 0 bridgehead atoms. The van der Waals surface area contributed by atoms with Crippen molar-refractivity contribution < 1.29 is 19.1 Å². The van der Waals surface area contributed by atoms with E-state index in [4.69, 9.17) is 15.2 Å². The van der Waals surface area contributed by atoms with Crippen molar-refractivity contribution in [3.8, 4) is 5.75 Å². The Morgan fingerprint density at radius 3 is 2.67 bits per heavy atom. The Bertz CT molecular complexity index is 502. The first kappa shape index (κ1) is 16.8. The average Bonchev–Trinajstić information content (AvgIpc) is 2.45. The maximum Gasteiger partial charge on any atom is 0.341 e. The Kier molecular flexibility index (Phi) is 6.52. The van der Waals surface area contributed by atoms with Crippen molar-refractivity contribution in [1.29, 1.82) is 0 Å². The summed E-state index contributed by atoms with van der Waals surface area (Å²) in [5.74, 6) is -0.510. The van der Waals surface area contributed by atoms with E-state index in [1.165, 1.54) is 12.1 Å². The Morgan fingerprint density at radius 1 is 1.33 bits per heavy atom. The highest BCUT2D eigenvalue weighted by molar-refractivity contribution is 5.93. The van der Waals surface area contributed by atoms with Crippen LogP contribution in [0.1, 0.15) is 37.6 Å². The van der Waals surface area contributed by atoms with Crippen molar-refractivity contribution in [3.05, 3.63) is 23.8 Å². The minimum absolute atomic E-state index is 0.0754. The quantitative estimate of drug-likeness (QED) is 0.590. The standard InChI is InChI=1S/C15H22N2O4/c1-4-10(3)17-14(18)9-21-13-8-11(16)6-7-12(13)15(19)20-5-2/h6-8,10H,4-5,9,16H2,1-3H3,(H,17,18). The summed E-state index contributed by atoms with van der Waals surface area (Å²) in [7, 11) is 0. The zero-order valence-corrected chi connectivity index (χ0v) is 12.6. The lowest BCUT2D eigenvalue weighted by atomic mass is 10.2. The zero-order valence-electron chi connectivity index (χ0n) is 12.6. The summed E-state index contributed by atoms with van der Waals surface area (Å²) in [6.07, 6.45) is 0.831. The van der Waals surface area contributed by atoms with Crippen molar-refractivity contribution in [2.75, 3.05) is 18.9 Å². The van der Waals surface area contributed by atoms with Gasteiger partial charge in [0.05, 0.1) is 6.61 Å². The van der Waals surface area contributed by atoms with Crippen LogP contribution in [0.5, 0.6) is 5.75 Å². The van der Waals surface area contributed by atoms with Crippen LogP contribution in [0.25, 0.3) is 0 Å². The average molecular weight is 294 g/mol. The molecule has 1 aromatic carbocycles. The summed E-state index contributed by atoms with van der Waals surface area (Å²) in [5.41, 5.74) is 6.37. The molecule has 1 rings (SSSR count). The van der Waals surface area contributed by atoms with Crippen molar-refractivity contribution in [3.63, 3.8) is 0 Å². The number of esters is 1. The lowest BCUT2D eigenvalue weighted by Gasteiger charge is -2.14. The number of ether oxygens (including phenoxy) is 2. The molecule has 0 aliphatic carbocycles. The van der Waals surface area contributed by atoms with Crippen LogP contribution in [-0.2, 0) is 9.53 Å². The maximum absolute atomic E-state index is 11.8. The van der Waals surface area contributed by atoms with Gasteiger partial charge in [0.2, 0.25) is 0 Å². The molecule has 0 radical (unpaired) electrons. The summed E-state index contributed by atoms with van der Waals surface area (Å²) in [5, 5.41) is 2.78. The smallest absolute Gasteiger partial charge is 0.341 e. The van der Waals surface area contributed by atoms with E-state index in [1.807, 2.05) is 13.8 Å². The molecule has 0 fully saturated rings. The molecular formula is C15H22N2O4. The van der Waals surface area contributed by atoms with E-state index in [9.17, 15) is 9.59 Å². The third kappa shape index (κ3) is 5.33. The Labute approximate surface area is 124 Å². The second-order valence-electron chi connectivity index (χ2n) is 4.64. The maximum atomic E-state index is 11.8. The number of carbonyl (C=O) groups is 2. The molecule has 1 unspecified atom stereocenters. The lowest BCUT2D eigenvalue weighted by Crippen LogP contribution is -2.35. The van der Waals surface area contributed by atoms with Crippen LogP contribution in [0.4, 0.5) is 5.69 Å². The van der Waals surface area contributed by atoms with E-state index >= 15 is 0 Å². The van der Waals surface area contributed by atoms with Gasteiger partial charge in [0, 0.05) is 17.8 Å². The van der Waals surface area contributed by atoms with Crippen LogP contribution in [0.2, 0.25) is 0 Å². The van der Waals surface area contributed by atoms with E-state index in [1.54, 1.807) is 13.0 Å². The van der Waals surface area contributed by atoms with E-state index < -0.39 is 5.97 Å². The van der Waals surface area contributed by atoms with Crippen LogP contribution in [0.3, 0.4) is 0 Å². The lowest BCUT2D eigenvalue weighted by molar-refractivity contribution is -0.123. The zero-order chi connectivity index (χ0) is 15.8. The third-order valence-corrected chi connectivity index (χ3v) is 2.88. The van der Waals surface area contributed by atoms with Crippen LogP contribution in [0, 0.1) is 0 Å². The molecule has 0 aliphatic rings. The fourth-order valence-corrected chi connectivity index (χ4v) is 1.60. The molecule has 0 spiro atoms. The van der Waals surface area contributed by atoms with Crippen LogP contribution < -0.4 is 15.8 Å². The topological polar surface area (TPSA) is 90.7 Å². The first-order valence-corrected chi connectivity index (χ1v) is 6.96. The molecule has 0 aliphatic heterocycles. The summed E-state index contributed by atoms with van der Waals surface area (Å²) >= 11 is 0. The highest BCUT2D eigenvalue weighted by atomic mass is 16.5. The highest BCUT2D eigenvalue weighted by Gasteiger charge is 2.15. The van der Waals surface area contributed by atoms with Gasteiger partial charge in [-0.15, -0.1) is 0 Å². The molecule has 1 amide bonds. The molecule has 21 heavy (non-hydrogen) atoms. The minimum atomic E-state index is -0.505. The first-order valence-electron chi connectivity index (χ1n) is 6.96. The Morgan fingerprint density at radius 2 is 2.05 bits per heavy atom. The summed E-state index contributed by atoms with van der Waals surface area (Å²) in [4.78, 5) is 23.5. The Balaban J connectivity index is 2.75. The van der Waals surface area contributed by atoms with Gasteiger partial charge in [0.25, 0.3) is 5.91 Å². The van der Waals surface area contributed by atoms with Crippen molar-refractivity contribution >= 4 is 17.6 Å². The molecule has 3 N–H and O–H groups in total. The van der Waals surface area contributed by atoms with Gasteiger partial charge in [-0.3, -0.25) is 4.79 Å². The molecule has 6 nitrogen and oxygen atoms in total. The number of amides is 1. The molecule has 0 aromatic heterocycles. The van der Waals surface area contributed by atoms with E-state index in [0.717, 1.165) is 6.42 Å². The summed E-state index contributed by atoms with van der Waals surface area (Å²) < 4.78 is 10.3. The fourth-order valence-electron chi connectivity index (χ4n) is 1.60. The third-order valence-electron chi connectivity index (χ3n) is 2.88. The van der Waals surface area contributed by atoms with Crippen LogP contribution >= 0.6 is 0 Å². The molecule has 0 saturated carbocycles. The molecule has 116 valence electrons. The SMILES string of the molecule is CCOC(=O)c1ccc(N)cc1OCC(=O)NC(C)CC. The van der Waals surface area contributed by atoms with Crippen LogP contribution in [-0.4, -0.2) is 31.1 Å². The first-order chi connectivity index (χ1) is 9.97. The molecule has 0 heterocycles. The monoisotopic (exact) mass is 294 g/mol. The van der Waals surface area contributed by atoms with Crippen molar-refractivity contribution in [2.24, 2.45) is 0 Å². The molecule has 1 aromatic rings. The van der Waals surface area contributed by atoms with Gasteiger partial charge >= 0.3 is 5.97 Å². The Hall–Kier alpha value is -2.24. The van der Waals surface area contributed by atoms with Gasteiger partial charge in [0.1, 0.15) is 11.3 Å². The van der Waals surface area contributed by atoms with E-state index in [0.29, 0.717) is 5.69 Å². The highest BCUT2D eigenvalue weighted by Crippen LogP contribution is 2.22. The number of anilines is 1. The normalized spacial score (nSPS) is 11.6. The van der Waals surface area contributed by atoms with Crippen LogP contribution in [0.15, 0.2) is 18.2 Å². The van der Waals surface area contributed by atoms with Crippen molar-refractivity contribution in [2.45, 2.75) is 33.2 Å². The molecule has 6 heteroatoms. The number of benzene rings is 1. The molecule has 1 atom stereocenters. The van der Waals surface area contributed by atoms with Gasteiger partial charge in [-0.25, -0.2) is 4.79 Å². The second-order valence-corrected chi connectivity index (χ2v) is 4.64. The predicted octanol–water partition coefficient (Wildman–Crippen LogP) is 1.74. The number of nitrogen functional groups attached to an aromatic ring is 1. The number of hydrogen-bond donors (Lipinski definition) is 2. The van der Waals surface area contributed by atoms with E-state index in [-0.39, 0.29) is 36.5 Å². The number of nitrogens with two attached hydrogens (primary N) is 1. The van der Waals surface area contributed by atoms with Gasteiger partial charge < -0.3 is 20.5 Å². The van der Waals surface area contributed by atoms with Gasteiger partial charge in [0.15, 0.2) is 6.61 Å². The number of rotatable bonds is 7. The predicted molar refractivity (Wildman–Crippen MR) is 80.2 cm³/mol. The van der Waals surface area contributed by atoms with E-state index in [2.05, 4.69) is 5.32 Å². The fraction of sp³-hybridized carbons (Fsp3) is 0.467. The molecular weight excluding hydrogens is 272 g/mol. The summed E-state index contributed by atoms with van der Waals surface area (Å²) in [6, 6.07) is 4.68. The number of carbonyl (C=O) groups excluding carboxylic acids is 2. The van der Waals surface area contributed by atoms with Crippen molar-refractivity contribution in [1.82, 2.24) is 5.32 Å². The van der Waals surface area contributed by atoms with Gasteiger partial charge in [-0.05, 0) is 32.4 Å². The molecule has 0 saturated heterocycles. The largest absolute Gasteiger partial charge is 0.483 e. The number of hydrogen-bond acceptors (Lipinski definition) is 5. The minimum Gasteiger partial charge on any atom is -0.483 e.